The van der Waals surface area contributed by atoms with Gasteiger partial charge in [0.1, 0.15) is 6.04 Å². The van der Waals surface area contributed by atoms with Crippen LogP contribution in [-0.4, -0.2) is 29.3 Å². The van der Waals surface area contributed by atoms with E-state index in [2.05, 4.69) is 21.2 Å². The van der Waals surface area contributed by atoms with Crippen molar-refractivity contribution in [2.45, 2.75) is 46.2 Å². The monoisotopic (exact) mass is 430 g/mol. The second-order valence-electron chi connectivity index (χ2n) is 6.72. The molecule has 1 atom stereocenters. The molecule has 0 radical (unpaired) electrons. The molecule has 0 fully saturated rings. The van der Waals surface area contributed by atoms with E-state index in [0.29, 0.717) is 13.1 Å². The number of carbonyl (C=O) groups is 2. The zero-order chi connectivity index (χ0) is 19.8. The maximum Gasteiger partial charge on any atom is 0.242 e. The molecular weight excluding hydrogens is 404 g/mol. The highest BCUT2D eigenvalue weighted by molar-refractivity contribution is 9.10. The summed E-state index contributed by atoms with van der Waals surface area (Å²) in [7, 11) is 0. The average molecular weight is 431 g/mol. The Morgan fingerprint density at radius 2 is 1.78 bits per heavy atom. The third-order valence-electron chi connectivity index (χ3n) is 4.59. The lowest BCUT2D eigenvalue weighted by atomic mass is 10.0. The number of benzene rings is 2. The second-order valence-corrected chi connectivity index (χ2v) is 7.63. The summed E-state index contributed by atoms with van der Waals surface area (Å²) in [5.41, 5.74) is 3.06. The van der Waals surface area contributed by atoms with E-state index in [1.165, 1.54) is 0 Å². The number of hydrogen-bond donors (Lipinski definition) is 1. The minimum atomic E-state index is -0.531. The Hall–Kier alpha value is -2.14. The molecular formula is C22H27BrN2O2. The molecule has 0 aromatic heterocycles. The van der Waals surface area contributed by atoms with E-state index in [9.17, 15) is 9.59 Å². The number of amides is 2. The van der Waals surface area contributed by atoms with Crippen molar-refractivity contribution < 1.29 is 9.59 Å². The topological polar surface area (TPSA) is 49.4 Å². The first-order valence-electron chi connectivity index (χ1n) is 9.28. The minimum absolute atomic E-state index is 0.0497. The van der Waals surface area contributed by atoms with E-state index in [1.54, 1.807) is 11.8 Å². The van der Waals surface area contributed by atoms with Crippen LogP contribution in [-0.2, 0) is 22.6 Å². The second kappa shape index (κ2) is 10.3. The van der Waals surface area contributed by atoms with Crippen LogP contribution >= 0.6 is 15.9 Å². The zero-order valence-corrected chi connectivity index (χ0v) is 17.8. The number of halogens is 1. The number of nitrogens with one attached hydrogen (secondary N) is 1. The molecule has 1 unspecified atom stereocenters. The van der Waals surface area contributed by atoms with E-state index >= 15 is 0 Å². The van der Waals surface area contributed by atoms with Gasteiger partial charge in [-0.2, -0.15) is 0 Å². The molecule has 2 aromatic carbocycles. The standard InChI is InChI=1S/C22H27BrN2O2/c1-4-13-24-22(27)17(3)25(15-18-9-11-20(23)12-10-18)21(26)14-19-8-6-5-7-16(19)2/h5-12,17H,4,13-15H2,1-3H3,(H,24,27). The van der Waals surface area contributed by atoms with Gasteiger partial charge in [0.15, 0.2) is 0 Å². The minimum Gasteiger partial charge on any atom is -0.354 e. The molecule has 27 heavy (non-hydrogen) atoms. The molecule has 5 heteroatoms. The van der Waals surface area contributed by atoms with E-state index in [4.69, 9.17) is 0 Å². The van der Waals surface area contributed by atoms with Gasteiger partial charge in [0.25, 0.3) is 0 Å². The van der Waals surface area contributed by atoms with Gasteiger partial charge >= 0.3 is 0 Å². The molecule has 0 saturated heterocycles. The van der Waals surface area contributed by atoms with Crippen LogP contribution < -0.4 is 5.32 Å². The van der Waals surface area contributed by atoms with Crippen LogP contribution in [0.25, 0.3) is 0 Å². The summed E-state index contributed by atoms with van der Waals surface area (Å²) in [6, 6.07) is 15.2. The van der Waals surface area contributed by atoms with Crippen molar-refractivity contribution in [2.75, 3.05) is 6.54 Å². The van der Waals surface area contributed by atoms with Crippen molar-refractivity contribution in [1.29, 1.82) is 0 Å². The van der Waals surface area contributed by atoms with Gasteiger partial charge in [-0.3, -0.25) is 9.59 Å². The average Bonchev–Trinajstić information content (AvgIpc) is 2.66. The zero-order valence-electron chi connectivity index (χ0n) is 16.2. The van der Waals surface area contributed by atoms with Crippen molar-refractivity contribution in [1.82, 2.24) is 10.2 Å². The Morgan fingerprint density at radius 1 is 1.11 bits per heavy atom. The molecule has 0 aliphatic carbocycles. The Kier molecular flexibility index (Phi) is 8.04. The number of nitrogens with zero attached hydrogens (tertiary/aromatic N) is 1. The Labute approximate surface area is 170 Å². The van der Waals surface area contributed by atoms with Gasteiger partial charge in [0, 0.05) is 17.6 Å². The molecule has 0 bridgehead atoms. The molecule has 1 N–H and O–H groups in total. The van der Waals surface area contributed by atoms with Crippen LogP contribution in [0.5, 0.6) is 0 Å². The van der Waals surface area contributed by atoms with E-state index in [1.807, 2.05) is 62.4 Å². The van der Waals surface area contributed by atoms with Crippen molar-refractivity contribution in [3.8, 4) is 0 Å². The number of aryl methyl sites for hydroxylation is 1. The van der Waals surface area contributed by atoms with E-state index in [-0.39, 0.29) is 18.2 Å². The molecule has 4 nitrogen and oxygen atoms in total. The summed E-state index contributed by atoms with van der Waals surface area (Å²) in [5.74, 6) is -0.168. The van der Waals surface area contributed by atoms with Crippen LogP contribution in [0.1, 0.15) is 37.0 Å². The molecule has 144 valence electrons. The largest absolute Gasteiger partial charge is 0.354 e. The molecule has 0 aliphatic rings. The van der Waals surface area contributed by atoms with Gasteiger partial charge in [-0.25, -0.2) is 0 Å². The van der Waals surface area contributed by atoms with Crippen LogP contribution in [0.4, 0.5) is 0 Å². The summed E-state index contributed by atoms with van der Waals surface area (Å²) >= 11 is 3.43. The quantitative estimate of drug-likeness (QED) is 0.680. The molecule has 0 saturated carbocycles. The van der Waals surface area contributed by atoms with Crippen molar-refractivity contribution >= 4 is 27.7 Å². The number of hydrogen-bond acceptors (Lipinski definition) is 2. The van der Waals surface area contributed by atoms with Crippen molar-refractivity contribution in [3.05, 3.63) is 69.7 Å². The summed E-state index contributed by atoms with van der Waals surface area (Å²) in [4.78, 5) is 27.3. The van der Waals surface area contributed by atoms with Crippen LogP contribution in [0.15, 0.2) is 53.0 Å². The summed E-state index contributed by atoms with van der Waals surface area (Å²) < 4.78 is 0.984. The highest BCUT2D eigenvalue weighted by atomic mass is 79.9. The number of rotatable bonds is 8. The number of carbonyl (C=O) groups excluding carboxylic acids is 2. The Balaban J connectivity index is 2.21. The lowest BCUT2D eigenvalue weighted by molar-refractivity contribution is -0.140. The predicted molar refractivity (Wildman–Crippen MR) is 112 cm³/mol. The highest BCUT2D eigenvalue weighted by Gasteiger charge is 2.26. The molecule has 2 aromatic rings. The van der Waals surface area contributed by atoms with Gasteiger partial charge in [0.2, 0.25) is 11.8 Å². The fourth-order valence-electron chi connectivity index (χ4n) is 2.84. The van der Waals surface area contributed by atoms with E-state index in [0.717, 1.165) is 27.6 Å². The van der Waals surface area contributed by atoms with Gasteiger partial charge in [-0.15, -0.1) is 0 Å². The fourth-order valence-corrected chi connectivity index (χ4v) is 3.10. The first kappa shape index (κ1) is 21.2. The smallest absolute Gasteiger partial charge is 0.242 e. The summed E-state index contributed by atoms with van der Waals surface area (Å²) in [6.45, 7) is 6.81. The normalized spacial score (nSPS) is 11.7. The Bertz CT molecular complexity index is 774. The Morgan fingerprint density at radius 3 is 2.41 bits per heavy atom. The first-order chi connectivity index (χ1) is 12.9. The van der Waals surface area contributed by atoms with Crippen LogP contribution in [0.3, 0.4) is 0 Å². The fraction of sp³-hybridized carbons (Fsp3) is 0.364. The summed E-state index contributed by atoms with van der Waals surface area (Å²) in [6.07, 6.45) is 1.15. The van der Waals surface area contributed by atoms with Crippen molar-refractivity contribution in [2.24, 2.45) is 0 Å². The van der Waals surface area contributed by atoms with Crippen LogP contribution in [0.2, 0.25) is 0 Å². The maximum atomic E-state index is 13.1. The van der Waals surface area contributed by atoms with E-state index < -0.39 is 6.04 Å². The molecule has 0 aliphatic heterocycles. The molecule has 2 rings (SSSR count). The highest BCUT2D eigenvalue weighted by Crippen LogP contribution is 2.16. The van der Waals surface area contributed by atoms with Gasteiger partial charge in [-0.1, -0.05) is 59.3 Å². The van der Waals surface area contributed by atoms with Crippen molar-refractivity contribution in [3.63, 3.8) is 0 Å². The lowest BCUT2D eigenvalue weighted by Gasteiger charge is -2.29. The van der Waals surface area contributed by atoms with Gasteiger partial charge in [0.05, 0.1) is 6.42 Å². The lowest BCUT2D eigenvalue weighted by Crippen LogP contribution is -2.48. The first-order valence-corrected chi connectivity index (χ1v) is 10.1. The van der Waals surface area contributed by atoms with Gasteiger partial charge < -0.3 is 10.2 Å². The molecule has 2 amide bonds. The molecule has 0 spiro atoms. The van der Waals surface area contributed by atoms with Gasteiger partial charge in [-0.05, 0) is 49.1 Å². The summed E-state index contributed by atoms with van der Waals surface area (Å²) in [5, 5.41) is 2.90. The third kappa shape index (κ3) is 6.21. The predicted octanol–water partition coefficient (Wildman–Crippen LogP) is 4.24. The molecule has 0 heterocycles. The third-order valence-corrected chi connectivity index (χ3v) is 5.11. The SMILES string of the molecule is CCCNC(=O)C(C)N(Cc1ccc(Br)cc1)C(=O)Cc1ccccc1C. The van der Waals surface area contributed by atoms with Crippen LogP contribution in [0, 0.1) is 6.92 Å². The maximum absolute atomic E-state index is 13.1.